The van der Waals surface area contributed by atoms with Crippen molar-refractivity contribution in [3.8, 4) is 0 Å². The largest absolute Gasteiger partial charge is 0.370 e. The van der Waals surface area contributed by atoms with E-state index in [0.717, 1.165) is 19.0 Å². The van der Waals surface area contributed by atoms with Gasteiger partial charge in [0.2, 0.25) is 0 Å². The highest BCUT2D eigenvalue weighted by molar-refractivity contribution is 5.77. The average Bonchev–Trinajstić information content (AvgIpc) is 2.91. The Morgan fingerprint density at radius 1 is 1.23 bits per heavy atom. The lowest BCUT2D eigenvalue weighted by Gasteiger charge is -2.17. The van der Waals surface area contributed by atoms with Crippen molar-refractivity contribution in [1.29, 1.82) is 0 Å². The summed E-state index contributed by atoms with van der Waals surface area (Å²) in [5, 5.41) is 3.26. The van der Waals surface area contributed by atoms with E-state index in [2.05, 4.69) is 36.0 Å². The molecule has 1 saturated heterocycles. The topological polar surface area (TPSA) is 53.6 Å². The molecule has 4 nitrogen and oxygen atoms in total. The van der Waals surface area contributed by atoms with Crippen LogP contribution in [-0.4, -0.2) is 43.6 Å². The molecule has 0 aromatic carbocycles. The standard InChI is InChI=1S/C18H38N4/c1-4-5-6-7-8-9-11-20-18(19)21-13-17-10-12-22(15-17)14-16(2)3/h16-17H,4-15H2,1-3H3,(H3,19,20,21). The fourth-order valence-electron chi connectivity index (χ4n) is 3.15. The van der Waals surface area contributed by atoms with Crippen molar-refractivity contribution in [2.24, 2.45) is 22.6 Å². The minimum Gasteiger partial charge on any atom is -0.370 e. The number of nitrogens with two attached hydrogens (primary N) is 1. The van der Waals surface area contributed by atoms with Gasteiger partial charge in [0.1, 0.15) is 0 Å². The summed E-state index contributed by atoms with van der Waals surface area (Å²) in [7, 11) is 0. The second-order valence-corrected chi connectivity index (χ2v) is 7.23. The average molecular weight is 311 g/mol. The van der Waals surface area contributed by atoms with E-state index < -0.39 is 0 Å². The van der Waals surface area contributed by atoms with Crippen LogP contribution in [0.4, 0.5) is 0 Å². The predicted octanol–water partition coefficient (Wildman–Crippen LogP) is 3.23. The quantitative estimate of drug-likeness (QED) is 0.350. The number of nitrogens with zero attached hydrogens (tertiary/aromatic N) is 2. The van der Waals surface area contributed by atoms with Gasteiger partial charge in [-0.2, -0.15) is 0 Å². The Balaban J connectivity index is 2.03. The van der Waals surface area contributed by atoms with Crippen molar-refractivity contribution in [2.75, 3.05) is 32.7 Å². The van der Waals surface area contributed by atoms with Crippen LogP contribution in [0.2, 0.25) is 0 Å². The van der Waals surface area contributed by atoms with Crippen molar-refractivity contribution in [1.82, 2.24) is 10.2 Å². The molecule has 1 atom stereocenters. The molecule has 0 spiro atoms. The SMILES string of the molecule is CCCCCCCCNC(N)=NCC1CCN(CC(C)C)C1. The molecule has 0 bridgehead atoms. The normalized spacial score (nSPS) is 20.0. The van der Waals surface area contributed by atoms with E-state index in [4.69, 9.17) is 5.73 Å². The molecular weight excluding hydrogens is 272 g/mol. The summed E-state index contributed by atoms with van der Waals surface area (Å²) in [6, 6.07) is 0. The lowest BCUT2D eigenvalue weighted by molar-refractivity contribution is 0.288. The van der Waals surface area contributed by atoms with E-state index >= 15 is 0 Å². The van der Waals surface area contributed by atoms with Crippen LogP contribution >= 0.6 is 0 Å². The van der Waals surface area contributed by atoms with Crippen molar-refractivity contribution in [2.45, 2.75) is 65.7 Å². The molecule has 1 aliphatic rings. The van der Waals surface area contributed by atoms with Gasteiger partial charge in [-0.05, 0) is 31.2 Å². The van der Waals surface area contributed by atoms with Crippen LogP contribution in [-0.2, 0) is 0 Å². The maximum atomic E-state index is 5.95. The maximum Gasteiger partial charge on any atom is 0.188 e. The first-order chi connectivity index (χ1) is 10.6. The number of hydrogen-bond donors (Lipinski definition) is 2. The van der Waals surface area contributed by atoms with Gasteiger partial charge in [-0.15, -0.1) is 0 Å². The van der Waals surface area contributed by atoms with E-state index in [1.807, 2.05) is 0 Å². The molecule has 0 aromatic heterocycles. The highest BCUT2D eigenvalue weighted by Gasteiger charge is 2.22. The summed E-state index contributed by atoms with van der Waals surface area (Å²) in [4.78, 5) is 7.08. The molecule has 4 heteroatoms. The van der Waals surface area contributed by atoms with Crippen LogP contribution < -0.4 is 11.1 Å². The van der Waals surface area contributed by atoms with Crippen LogP contribution in [0.1, 0.15) is 65.7 Å². The molecule has 1 heterocycles. The van der Waals surface area contributed by atoms with Crippen LogP contribution in [0.5, 0.6) is 0 Å². The number of aliphatic imine (C=N–C) groups is 1. The van der Waals surface area contributed by atoms with Crippen LogP contribution in [0.15, 0.2) is 4.99 Å². The lowest BCUT2D eigenvalue weighted by atomic mass is 10.1. The number of nitrogens with one attached hydrogen (secondary N) is 1. The minimum atomic E-state index is 0.635. The molecular formula is C18H38N4. The Hall–Kier alpha value is -0.770. The monoisotopic (exact) mass is 310 g/mol. The van der Waals surface area contributed by atoms with E-state index in [1.165, 1.54) is 64.6 Å². The highest BCUT2D eigenvalue weighted by atomic mass is 15.2. The summed E-state index contributed by atoms with van der Waals surface area (Å²) < 4.78 is 0. The molecule has 130 valence electrons. The first kappa shape index (κ1) is 19.3. The summed E-state index contributed by atoms with van der Waals surface area (Å²) in [5.41, 5.74) is 5.95. The second kappa shape index (κ2) is 11.8. The summed E-state index contributed by atoms with van der Waals surface area (Å²) in [5.74, 6) is 2.08. The molecule has 1 fully saturated rings. The van der Waals surface area contributed by atoms with E-state index in [9.17, 15) is 0 Å². The Bertz CT molecular complexity index is 301. The lowest BCUT2D eigenvalue weighted by Crippen LogP contribution is -2.33. The third-order valence-electron chi connectivity index (χ3n) is 4.35. The Morgan fingerprint density at radius 3 is 2.68 bits per heavy atom. The summed E-state index contributed by atoms with van der Waals surface area (Å²) >= 11 is 0. The molecule has 1 rings (SSSR count). The smallest absolute Gasteiger partial charge is 0.188 e. The first-order valence-electron chi connectivity index (χ1n) is 9.38. The Kier molecular flexibility index (Phi) is 10.3. The van der Waals surface area contributed by atoms with Crippen molar-refractivity contribution >= 4 is 5.96 Å². The molecule has 3 N–H and O–H groups in total. The third kappa shape index (κ3) is 9.29. The van der Waals surface area contributed by atoms with Gasteiger partial charge in [0.05, 0.1) is 0 Å². The predicted molar refractivity (Wildman–Crippen MR) is 97.3 cm³/mol. The fourth-order valence-corrected chi connectivity index (χ4v) is 3.15. The number of likely N-dealkylation sites (tertiary alicyclic amines) is 1. The second-order valence-electron chi connectivity index (χ2n) is 7.23. The zero-order valence-corrected chi connectivity index (χ0v) is 15.1. The zero-order chi connectivity index (χ0) is 16.2. The molecule has 0 amide bonds. The molecule has 22 heavy (non-hydrogen) atoms. The Labute approximate surface area is 137 Å². The van der Waals surface area contributed by atoms with Gasteiger partial charge >= 0.3 is 0 Å². The maximum absolute atomic E-state index is 5.95. The van der Waals surface area contributed by atoms with Crippen LogP contribution in [0.3, 0.4) is 0 Å². The van der Waals surface area contributed by atoms with Gasteiger partial charge in [0, 0.05) is 26.2 Å². The third-order valence-corrected chi connectivity index (χ3v) is 4.35. The highest BCUT2D eigenvalue weighted by Crippen LogP contribution is 2.17. The summed E-state index contributed by atoms with van der Waals surface area (Å²) in [6.07, 6.45) is 9.16. The molecule has 0 aliphatic carbocycles. The molecule has 0 radical (unpaired) electrons. The fraction of sp³-hybridized carbons (Fsp3) is 0.944. The van der Waals surface area contributed by atoms with Gasteiger partial charge in [-0.3, -0.25) is 4.99 Å². The number of hydrogen-bond acceptors (Lipinski definition) is 2. The van der Waals surface area contributed by atoms with E-state index in [0.29, 0.717) is 11.9 Å². The molecule has 1 aliphatic heterocycles. The molecule has 1 unspecified atom stereocenters. The number of rotatable bonds is 11. The van der Waals surface area contributed by atoms with Crippen LogP contribution in [0, 0.1) is 11.8 Å². The van der Waals surface area contributed by atoms with Gasteiger partial charge < -0.3 is 16.0 Å². The molecule has 0 aromatic rings. The van der Waals surface area contributed by atoms with Crippen molar-refractivity contribution in [3.05, 3.63) is 0 Å². The van der Waals surface area contributed by atoms with Gasteiger partial charge in [0.15, 0.2) is 5.96 Å². The zero-order valence-electron chi connectivity index (χ0n) is 15.1. The summed E-state index contributed by atoms with van der Waals surface area (Å²) in [6.45, 7) is 12.3. The van der Waals surface area contributed by atoms with E-state index in [1.54, 1.807) is 0 Å². The number of guanidine groups is 1. The first-order valence-corrected chi connectivity index (χ1v) is 9.38. The Morgan fingerprint density at radius 2 is 1.95 bits per heavy atom. The van der Waals surface area contributed by atoms with Gasteiger partial charge in [-0.1, -0.05) is 52.9 Å². The number of unbranched alkanes of at least 4 members (excludes halogenated alkanes) is 5. The molecule has 0 saturated carbocycles. The minimum absolute atomic E-state index is 0.635. The van der Waals surface area contributed by atoms with E-state index in [-0.39, 0.29) is 0 Å². The van der Waals surface area contributed by atoms with Crippen molar-refractivity contribution in [3.63, 3.8) is 0 Å². The van der Waals surface area contributed by atoms with Crippen molar-refractivity contribution < 1.29 is 0 Å². The van der Waals surface area contributed by atoms with Gasteiger partial charge in [-0.25, -0.2) is 0 Å². The van der Waals surface area contributed by atoms with Gasteiger partial charge in [0.25, 0.3) is 0 Å². The van der Waals surface area contributed by atoms with Crippen LogP contribution in [0.25, 0.3) is 0 Å².